The van der Waals surface area contributed by atoms with Crippen LogP contribution < -0.4 is 10.2 Å². The highest BCUT2D eigenvalue weighted by Gasteiger charge is 2.18. The number of ether oxygens (including phenoxy) is 1. The van der Waals surface area contributed by atoms with E-state index in [4.69, 9.17) is 4.74 Å². The van der Waals surface area contributed by atoms with Gasteiger partial charge in [0.1, 0.15) is 5.75 Å². The molecule has 0 aromatic heterocycles. The monoisotopic (exact) mass is 236 g/mol. The van der Waals surface area contributed by atoms with Gasteiger partial charge in [0.25, 0.3) is 0 Å². The SMILES string of the molecule is COc1c(-c2ccccc2)cccc1-c1cc1=O. The van der Waals surface area contributed by atoms with E-state index >= 15 is 0 Å². The van der Waals surface area contributed by atoms with Crippen molar-refractivity contribution >= 4 is 0 Å². The predicted octanol–water partition coefficient (Wildman–Crippen LogP) is 3.27. The van der Waals surface area contributed by atoms with Crippen molar-refractivity contribution in [2.75, 3.05) is 7.11 Å². The highest BCUT2D eigenvalue weighted by Crippen LogP contribution is 2.38. The lowest BCUT2D eigenvalue weighted by Gasteiger charge is -2.11. The summed E-state index contributed by atoms with van der Waals surface area (Å²) in [5.41, 5.74) is 3.83. The first kappa shape index (κ1) is 10.8. The Morgan fingerprint density at radius 2 is 1.50 bits per heavy atom. The summed E-state index contributed by atoms with van der Waals surface area (Å²) >= 11 is 0. The minimum absolute atomic E-state index is 0.0958. The molecule has 0 N–H and O–H groups in total. The Balaban J connectivity index is 2.19. The molecule has 0 saturated carbocycles. The second-order valence-corrected chi connectivity index (χ2v) is 4.17. The van der Waals surface area contributed by atoms with Crippen molar-refractivity contribution in [3.8, 4) is 28.0 Å². The fourth-order valence-electron chi connectivity index (χ4n) is 2.12. The molecule has 0 radical (unpaired) electrons. The maximum absolute atomic E-state index is 11.3. The molecule has 3 aromatic carbocycles. The quantitative estimate of drug-likeness (QED) is 0.697. The standard InChI is InChI=1S/C16H12O2/c1-18-16-12(11-6-3-2-4-7-11)8-5-9-13(16)14-10-15(14)17/h2-10H,1H3. The zero-order valence-corrected chi connectivity index (χ0v) is 10.0. The summed E-state index contributed by atoms with van der Waals surface area (Å²) in [6.07, 6.45) is 0. The summed E-state index contributed by atoms with van der Waals surface area (Å²) in [7, 11) is 1.64. The molecule has 3 aromatic rings. The van der Waals surface area contributed by atoms with Crippen LogP contribution >= 0.6 is 0 Å². The van der Waals surface area contributed by atoms with Crippen molar-refractivity contribution in [2.45, 2.75) is 0 Å². The van der Waals surface area contributed by atoms with Gasteiger partial charge in [-0.2, -0.15) is 0 Å². The normalized spacial score (nSPS) is 10.7. The summed E-state index contributed by atoms with van der Waals surface area (Å²) < 4.78 is 5.49. The van der Waals surface area contributed by atoms with Crippen LogP contribution in [0.15, 0.2) is 59.4 Å². The Morgan fingerprint density at radius 3 is 2.11 bits per heavy atom. The second kappa shape index (κ2) is 4.15. The molecule has 0 atom stereocenters. The van der Waals surface area contributed by atoms with Crippen LogP contribution in [-0.2, 0) is 0 Å². The predicted molar refractivity (Wildman–Crippen MR) is 72.5 cm³/mol. The molecule has 0 amide bonds. The summed E-state index contributed by atoms with van der Waals surface area (Å²) in [5.74, 6) is 0.765. The van der Waals surface area contributed by atoms with Crippen LogP contribution in [0.5, 0.6) is 5.75 Å². The van der Waals surface area contributed by atoms with Gasteiger partial charge in [-0.3, -0.25) is 4.79 Å². The van der Waals surface area contributed by atoms with Gasteiger partial charge in [0.15, 0.2) is 5.43 Å². The molecule has 2 heteroatoms. The fourth-order valence-corrected chi connectivity index (χ4v) is 2.12. The van der Waals surface area contributed by atoms with Crippen LogP contribution in [0.25, 0.3) is 22.3 Å². The molecule has 0 aliphatic rings. The third-order valence-electron chi connectivity index (χ3n) is 3.05. The van der Waals surface area contributed by atoms with E-state index in [1.807, 2.05) is 48.5 Å². The molecule has 3 rings (SSSR count). The van der Waals surface area contributed by atoms with Gasteiger partial charge in [-0.05, 0) is 11.6 Å². The minimum Gasteiger partial charge on any atom is -0.495 e. The van der Waals surface area contributed by atoms with Crippen molar-refractivity contribution in [2.24, 2.45) is 0 Å². The maximum Gasteiger partial charge on any atom is 0.187 e. The molecule has 0 fully saturated rings. The molecule has 0 aliphatic carbocycles. The smallest absolute Gasteiger partial charge is 0.187 e. The van der Waals surface area contributed by atoms with Gasteiger partial charge < -0.3 is 4.74 Å². The first-order valence-corrected chi connectivity index (χ1v) is 5.80. The zero-order valence-electron chi connectivity index (χ0n) is 10.0. The Bertz CT molecular complexity index is 689. The van der Waals surface area contributed by atoms with Crippen LogP contribution in [-0.4, -0.2) is 7.11 Å². The maximum atomic E-state index is 11.3. The van der Waals surface area contributed by atoms with Gasteiger partial charge in [-0.25, -0.2) is 0 Å². The zero-order chi connectivity index (χ0) is 12.5. The van der Waals surface area contributed by atoms with Crippen molar-refractivity contribution in [1.29, 1.82) is 0 Å². The molecule has 2 nitrogen and oxygen atoms in total. The molecule has 0 bridgehead atoms. The molecule has 0 heterocycles. The van der Waals surface area contributed by atoms with Crippen molar-refractivity contribution in [3.63, 3.8) is 0 Å². The number of hydrogen-bond donors (Lipinski definition) is 0. The van der Waals surface area contributed by atoms with Gasteiger partial charge in [0.2, 0.25) is 0 Å². The summed E-state index contributed by atoms with van der Waals surface area (Å²) in [6.45, 7) is 0. The molecule has 0 spiro atoms. The average molecular weight is 236 g/mol. The molecule has 0 saturated heterocycles. The lowest BCUT2D eigenvalue weighted by Crippen LogP contribution is -1.91. The lowest BCUT2D eigenvalue weighted by atomic mass is 10.0. The first-order valence-electron chi connectivity index (χ1n) is 5.80. The highest BCUT2D eigenvalue weighted by molar-refractivity contribution is 5.84. The van der Waals surface area contributed by atoms with Gasteiger partial charge in [0, 0.05) is 16.7 Å². The van der Waals surface area contributed by atoms with Gasteiger partial charge in [0.05, 0.1) is 7.11 Å². The van der Waals surface area contributed by atoms with E-state index in [2.05, 4.69) is 0 Å². The van der Waals surface area contributed by atoms with E-state index in [1.165, 1.54) is 0 Å². The largest absolute Gasteiger partial charge is 0.495 e. The Hall–Kier alpha value is -2.35. The summed E-state index contributed by atoms with van der Waals surface area (Å²) in [6, 6.07) is 17.5. The van der Waals surface area contributed by atoms with E-state index in [0.717, 1.165) is 28.0 Å². The van der Waals surface area contributed by atoms with Crippen molar-refractivity contribution in [3.05, 3.63) is 64.8 Å². The third kappa shape index (κ3) is 1.72. The van der Waals surface area contributed by atoms with Gasteiger partial charge in [-0.15, -0.1) is 0 Å². The molecular formula is C16H12O2. The van der Waals surface area contributed by atoms with Gasteiger partial charge >= 0.3 is 0 Å². The summed E-state index contributed by atoms with van der Waals surface area (Å²) in [5, 5.41) is 0. The number of hydrogen-bond acceptors (Lipinski definition) is 2. The Kier molecular flexibility index (Phi) is 2.49. The van der Waals surface area contributed by atoms with Crippen LogP contribution in [0.4, 0.5) is 0 Å². The molecule has 18 heavy (non-hydrogen) atoms. The van der Waals surface area contributed by atoms with Gasteiger partial charge in [-0.1, -0.05) is 48.5 Å². The number of methoxy groups -OCH3 is 1. The van der Waals surface area contributed by atoms with Crippen molar-refractivity contribution < 1.29 is 4.74 Å². The van der Waals surface area contributed by atoms with Crippen LogP contribution in [0.1, 0.15) is 0 Å². The Morgan fingerprint density at radius 1 is 0.833 bits per heavy atom. The van der Waals surface area contributed by atoms with Crippen LogP contribution in [0.2, 0.25) is 0 Å². The summed E-state index contributed by atoms with van der Waals surface area (Å²) in [4.78, 5) is 11.3. The number of para-hydroxylation sites is 1. The first-order chi connectivity index (χ1) is 8.81. The highest BCUT2D eigenvalue weighted by atomic mass is 16.5. The number of rotatable bonds is 3. The van der Waals surface area contributed by atoms with E-state index in [-0.39, 0.29) is 5.43 Å². The fraction of sp³-hybridized carbons (Fsp3) is 0.0625. The third-order valence-corrected chi connectivity index (χ3v) is 3.05. The molecule has 88 valence electrons. The molecule has 0 unspecified atom stereocenters. The van der Waals surface area contributed by atoms with E-state index in [0.29, 0.717) is 0 Å². The van der Waals surface area contributed by atoms with E-state index < -0.39 is 0 Å². The topological polar surface area (TPSA) is 26.3 Å². The van der Waals surface area contributed by atoms with E-state index in [1.54, 1.807) is 13.2 Å². The van der Waals surface area contributed by atoms with Crippen LogP contribution in [0.3, 0.4) is 0 Å². The molecular weight excluding hydrogens is 224 g/mol. The average Bonchev–Trinajstić information content (AvgIpc) is 3.15. The lowest BCUT2D eigenvalue weighted by molar-refractivity contribution is 0.418. The molecule has 0 aliphatic heterocycles. The second-order valence-electron chi connectivity index (χ2n) is 4.17. The Labute approximate surface area is 105 Å². The van der Waals surface area contributed by atoms with Crippen LogP contribution in [0, 0.1) is 0 Å². The minimum atomic E-state index is 0.0958. The van der Waals surface area contributed by atoms with E-state index in [9.17, 15) is 4.79 Å². The number of benzene rings is 2. The van der Waals surface area contributed by atoms with Crippen molar-refractivity contribution in [1.82, 2.24) is 0 Å².